The largest absolute Gasteiger partial charge is 0.382 e. The van der Waals surface area contributed by atoms with Gasteiger partial charge in [-0.3, -0.25) is 9.97 Å². The van der Waals surface area contributed by atoms with E-state index in [0.717, 1.165) is 173 Å². The monoisotopic (exact) mass is 1080 g/mol. The fourth-order valence-corrected chi connectivity index (χ4v) is 17.5. The second-order valence-electron chi connectivity index (χ2n) is 27.3. The van der Waals surface area contributed by atoms with Crippen molar-refractivity contribution in [1.82, 2.24) is 24.9 Å². The maximum Gasteiger partial charge on any atom is 0.226 e. The number of hydrogen-bond acceptors (Lipinski definition) is 15. The number of fused-ring (bicyclic) bond motifs is 3. The quantitative estimate of drug-likeness (QED) is 0.0676. The standard InChI is InChI=1S/C65H88N14O/c1-40-38-79(62-71-35-42-26-50(14-16-56(42)76-62)74-53-32-65(33-53)30-47(68)31-65)39-60(80-40)55-34-63(2,43-18-24-78(25-19-43)61-37-70-59-29-52(15-17-57(59)75-61)73-49-12-7-46(67)8-13-49)64(55,3)44-20-22-77(23-21-44)54-27-41-4-9-51(28-58(41)69-36-54)72-48-10-5-45(66)6-11-48/h4,9,14-17,26-29,35-37,40,43-49,53,55,60,72-74H,5-8,10-13,18-25,30-34,38-39,66-68H2,1-3H3. The lowest BCUT2D eigenvalue weighted by molar-refractivity contribution is -0.245. The van der Waals surface area contributed by atoms with Gasteiger partial charge in [0.1, 0.15) is 5.82 Å². The van der Waals surface area contributed by atoms with Crippen molar-refractivity contribution < 1.29 is 4.74 Å². The molecule has 5 unspecified atom stereocenters. The third kappa shape index (κ3) is 9.97. The van der Waals surface area contributed by atoms with Gasteiger partial charge in [-0.05, 0) is 205 Å². The number of nitrogens with zero attached hydrogens (tertiary/aromatic N) is 8. The van der Waals surface area contributed by atoms with Crippen molar-refractivity contribution in [1.29, 1.82) is 0 Å². The van der Waals surface area contributed by atoms with Crippen LogP contribution in [-0.4, -0.2) is 113 Å². The van der Waals surface area contributed by atoms with Crippen LogP contribution in [0, 0.1) is 34.0 Å². The number of rotatable bonds is 12. The summed E-state index contributed by atoms with van der Waals surface area (Å²) in [7, 11) is 0. The number of hydrogen-bond donors (Lipinski definition) is 6. The summed E-state index contributed by atoms with van der Waals surface area (Å²) in [5, 5.41) is 13.6. The average molecular weight is 1080 g/mol. The number of nitrogens with two attached hydrogens (primary N) is 3. The lowest BCUT2D eigenvalue weighted by Crippen LogP contribution is -2.69. The van der Waals surface area contributed by atoms with Gasteiger partial charge in [0.15, 0.2) is 0 Å². The SMILES string of the molecule is CC1CN(c2ncc3cc(NC4CC5(CC(N)C5)C4)ccc3n2)CC(C2CC(C)(C3CCN(c4cnc5cc(NC6CCC(N)CC6)ccc5n4)CC3)C2(C)C2CCN(c3cnc4cc(NC5CCC(N)CC5)ccc4c3)CC2)O1. The Kier molecular flexibility index (Phi) is 13.8. The topological polar surface area (TPSA) is 198 Å². The molecule has 8 fully saturated rings. The van der Waals surface area contributed by atoms with Gasteiger partial charge in [-0.1, -0.05) is 19.9 Å². The van der Waals surface area contributed by atoms with Gasteiger partial charge in [0.25, 0.3) is 0 Å². The number of nitrogens with one attached hydrogen (secondary N) is 3. The summed E-state index contributed by atoms with van der Waals surface area (Å²) in [6.45, 7) is 13.2. The highest BCUT2D eigenvalue weighted by Crippen LogP contribution is 2.71. The highest BCUT2D eigenvalue weighted by molar-refractivity contribution is 5.85. The van der Waals surface area contributed by atoms with Gasteiger partial charge in [-0.25, -0.2) is 15.0 Å². The zero-order chi connectivity index (χ0) is 54.3. The number of ether oxygens (including phenoxy) is 1. The molecule has 3 aromatic carbocycles. The fraction of sp³-hybridized carbons (Fsp3) is 0.615. The maximum atomic E-state index is 7.17. The summed E-state index contributed by atoms with van der Waals surface area (Å²) in [6.07, 6.45) is 25.7. The average Bonchev–Trinajstić information content (AvgIpc) is 3.65. The zero-order valence-corrected chi connectivity index (χ0v) is 47.8. The van der Waals surface area contributed by atoms with Crippen LogP contribution in [0.25, 0.3) is 32.8 Å². The van der Waals surface area contributed by atoms with Crippen molar-refractivity contribution in [2.24, 2.45) is 51.2 Å². The molecule has 8 aliphatic rings. The molecule has 80 heavy (non-hydrogen) atoms. The molecule has 3 aliphatic heterocycles. The second kappa shape index (κ2) is 21.0. The number of aromatic nitrogens is 5. The van der Waals surface area contributed by atoms with E-state index in [0.29, 0.717) is 59.4 Å². The molecule has 5 atom stereocenters. The molecule has 0 radical (unpaired) electrons. The van der Waals surface area contributed by atoms with Gasteiger partial charge in [0.05, 0.1) is 52.4 Å². The predicted molar refractivity (Wildman–Crippen MR) is 326 cm³/mol. The first-order chi connectivity index (χ1) is 38.8. The molecule has 15 heteroatoms. The van der Waals surface area contributed by atoms with Crippen molar-refractivity contribution in [2.45, 2.75) is 178 Å². The van der Waals surface area contributed by atoms with E-state index in [-0.39, 0.29) is 23.0 Å². The summed E-state index contributed by atoms with van der Waals surface area (Å²) in [5.41, 5.74) is 27.9. The molecule has 424 valence electrons. The van der Waals surface area contributed by atoms with Gasteiger partial charge in [-0.15, -0.1) is 0 Å². The molecule has 3 saturated heterocycles. The van der Waals surface area contributed by atoms with Crippen molar-refractivity contribution >= 4 is 67.4 Å². The highest BCUT2D eigenvalue weighted by Gasteiger charge is 2.67. The number of pyridine rings is 1. The predicted octanol–water partition coefficient (Wildman–Crippen LogP) is 10.6. The number of benzene rings is 3. The van der Waals surface area contributed by atoms with Crippen LogP contribution < -0.4 is 47.9 Å². The van der Waals surface area contributed by atoms with Crippen molar-refractivity contribution in [3.05, 3.63) is 79.3 Å². The molecule has 14 rings (SSSR count). The third-order valence-corrected chi connectivity index (χ3v) is 22.3. The van der Waals surface area contributed by atoms with Gasteiger partial charge < -0.3 is 52.6 Å². The van der Waals surface area contributed by atoms with Crippen molar-refractivity contribution in [3.8, 4) is 0 Å². The van der Waals surface area contributed by atoms with Crippen LogP contribution in [0.5, 0.6) is 0 Å². The van der Waals surface area contributed by atoms with E-state index in [1.165, 1.54) is 43.2 Å². The van der Waals surface area contributed by atoms with E-state index in [9.17, 15) is 0 Å². The number of morpholine rings is 1. The Morgan fingerprint density at radius 2 is 1.12 bits per heavy atom. The van der Waals surface area contributed by atoms with E-state index in [4.69, 9.17) is 46.9 Å². The van der Waals surface area contributed by atoms with Gasteiger partial charge in [0.2, 0.25) is 5.95 Å². The minimum absolute atomic E-state index is 0.0671. The first-order valence-corrected chi connectivity index (χ1v) is 31.2. The van der Waals surface area contributed by atoms with E-state index in [2.05, 4.69) is 118 Å². The lowest BCUT2D eigenvalue weighted by Gasteiger charge is -2.71. The number of anilines is 6. The van der Waals surface area contributed by atoms with Crippen LogP contribution >= 0.6 is 0 Å². The van der Waals surface area contributed by atoms with Crippen LogP contribution in [0.2, 0.25) is 0 Å². The van der Waals surface area contributed by atoms with Crippen molar-refractivity contribution in [2.75, 3.05) is 69.9 Å². The molecule has 0 bridgehead atoms. The van der Waals surface area contributed by atoms with E-state index in [1.807, 2.05) is 12.4 Å². The van der Waals surface area contributed by atoms with Crippen LogP contribution in [0.15, 0.2) is 79.3 Å². The van der Waals surface area contributed by atoms with Crippen molar-refractivity contribution in [3.63, 3.8) is 0 Å². The summed E-state index contributed by atoms with van der Waals surface area (Å²) >= 11 is 0. The van der Waals surface area contributed by atoms with Crippen LogP contribution in [0.3, 0.4) is 0 Å². The minimum atomic E-state index is 0.0671. The molecule has 1 spiro atoms. The molecule has 5 aliphatic carbocycles. The van der Waals surface area contributed by atoms with Crippen LogP contribution in [0.4, 0.5) is 34.5 Å². The molecule has 6 heterocycles. The fourth-order valence-electron chi connectivity index (χ4n) is 17.5. The molecule has 15 nitrogen and oxygen atoms in total. The Morgan fingerprint density at radius 3 is 1.82 bits per heavy atom. The Hall–Kier alpha value is -5.61. The molecule has 5 saturated carbocycles. The Balaban J connectivity index is 0.675. The normalized spacial score (nSPS) is 34.3. The Labute approximate surface area is 473 Å². The summed E-state index contributed by atoms with van der Waals surface area (Å²) in [5.74, 6) is 3.38. The summed E-state index contributed by atoms with van der Waals surface area (Å²) in [6, 6.07) is 24.7. The van der Waals surface area contributed by atoms with Gasteiger partial charge in [-0.2, -0.15) is 0 Å². The smallest absolute Gasteiger partial charge is 0.226 e. The van der Waals surface area contributed by atoms with E-state index >= 15 is 0 Å². The maximum absolute atomic E-state index is 7.17. The summed E-state index contributed by atoms with van der Waals surface area (Å²) < 4.78 is 7.17. The second-order valence-corrected chi connectivity index (χ2v) is 27.3. The lowest BCUT2D eigenvalue weighted by atomic mass is 9.35. The van der Waals surface area contributed by atoms with Gasteiger partial charge in [0, 0.05) is 110 Å². The number of piperidine rings is 2. The van der Waals surface area contributed by atoms with E-state index < -0.39 is 0 Å². The van der Waals surface area contributed by atoms with Gasteiger partial charge >= 0.3 is 0 Å². The molecular formula is C65H88N14O. The molecule has 6 aromatic rings. The molecule has 9 N–H and O–H groups in total. The van der Waals surface area contributed by atoms with Crippen LogP contribution in [-0.2, 0) is 4.74 Å². The summed E-state index contributed by atoms with van der Waals surface area (Å²) in [4.78, 5) is 33.2. The Bertz CT molecular complexity index is 3180. The highest BCUT2D eigenvalue weighted by atomic mass is 16.5. The first kappa shape index (κ1) is 52.5. The molecule has 0 amide bonds. The first-order valence-electron chi connectivity index (χ1n) is 31.2. The molecular weight excluding hydrogens is 993 g/mol. The Morgan fingerprint density at radius 1 is 0.512 bits per heavy atom. The third-order valence-electron chi connectivity index (χ3n) is 22.3. The van der Waals surface area contributed by atoms with E-state index in [1.54, 1.807) is 0 Å². The molecule has 3 aromatic heterocycles. The minimum Gasteiger partial charge on any atom is -0.382 e. The van der Waals surface area contributed by atoms with Crippen LogP contribution in [0.1, 0.15) is 130 Å². The zero-order valence-electron chi connectivity index (χ0n) is 47.8.